The topological polar surface area (TPSA) is 99.2 Å². The predicted molar refractivity (Wildman–Crippen MR) is 86.9 cm³/mol. The SMILES string of the molecule is N#Cc1cc([N+](=O)[O-])ccc1N[C@@H](CCCO)c1ccccc1. The number of aliphatic hydroxyl groups excluding tert-OH is 1. The Bertz CT molecular complexity index is 711. The second-order valence-electron chi connectivity index (χ2n) is 5.07. The van der Waals surface area contributed by atoms with Crippen LogP contribution in [0.4, 0.5) is 11.4 Å². The van der Waals surface area contributed by atoms with Crippen molar-refractivity contribution in [3.63, 3.8) is 0 Å². The lowest BCUT2D eigenvalue weighted by Crippen LogP contribution is -2.12. The zero-order valence-corrected chi connectivity index (χ0v) is 12.5. The van der Waals surface area contributed by atoms with E-state index in [4.69, 9.17) is 5.11 Å². The lowest BCUT2D eigenvalue weighted by atomic mass is 10.0. The number of aliphatic hydroxyl groups is 1. The van der Waals surface area contributed by atoms with Crippen molar-refractivity contribution >= 4 is 11.4 Å². The molecule has 0 saturated carbocycles. The number of anilines is 1. The maximum Gasteiger partial charge on any atom is 0.270 e. The maximum absolute atomic E-state index is 10.8. The summed E-state index contributed by atoms with van der Waals surface area (Å²) in [6.07, 6.45) is 1.30. The third-order valence-electron chi connectivity index (χ3n) is 3.52. The van der Waals surface area contributed by atoms with E-state index in [1.165, 1.54) is 12.1 Å². The standard InChI is InChI=1S/C17H17N3O3/c18-12-14-11-15(20(22)23)8-9-17(14)19-16(7-4-10-21)13-5-2-1-3-6-13/h1-3,5-6,8-9,11,16,19,21H,4,7,10H2/t16-/m0/s1. The van der Waals surface area contributed by atoms with Gasteiger partial charge in [-0.15, -0.1) is 0 Å². The van der Waals surface area contributed by atoms with Gasteiger partial charge in [-0.1, -0.05) is 30.3 Å². The molecule has 0 aliphatic heterocycles. The quantitative estimate of drug-likeness (QED) is 0.603. The van der Waals surface area contributed by atoms with E-state index in [-0.39, 0.29) is 23.9 Å². The summed E-state index contributed by atoms with van der Waals surface area (Å²) in [5, 5.41) is 32.4. The first-order valence-corrected chi connectivity index (χ1v) is 7.26. The highest BCUT2D eigenvalue weighted by molar-refractivity contribution is 5.62. The Morgan fingerprint density at radius 2 is 2.00 bits per heavy atom. The molecule has 0 fully saturated rings. The second-order valence-corrected chi connectivity index (χ2v) is 5.07. The first-order chi connectivity index (χ1) is 11.2. The summed E-state index contributed by atoms with van der Waals surface area (Å²) in [6, 6.07) is 15.8. The molecule has 23 heavy (non-hydrogen) atoms. The third kappa shape index (κ3) is 4.28. The van der Waals surface area contributed by atoms with Crippen LogP contribution in [-0.2, 0) is 0 Å². The van der Waals surface area contributed by atoms with Crippen molar-refractivity contribution in [2.75, 3.05) is 11.9 Å². The van der Waals surface area contributed by atoms with Crippen LogP contribution in [0.1, 0.15) is 30.0 Å². The number of rotatable bonds is 7. The smallest absolute Gasteiger partial charge is 0.270 e. The molecular formula is C17H17N3O3. The molecule has 0 radical (unpaired) electrons. The number of nitrogens with one attached hydrogen (secondary N) is 1. The molecule has 0 heterocycles. The van der Waals surface area contributed by atoms with Crippen molar-refractivity contribution in [3.8, 4) is 6.07 Å². The van der Waals surface area contributed by atoms with Gasteiger partial charge in [-0.2, -0.15) is 5.26 Å². The monoisotopic (exact) mass is 311 g/mol. The van der Waals surface area contributed by atoms with Gasteiger partial charge in [0.2, 0.25) is 0 Å². The fourth-order valence-electron chi connectivity index (χ4n) is 2.35. The van der Waals surface area contributed by atoms with Gasteiger partial charge >= 0.3 is 0 Å². The third-order valence-corrected chi connectivity index (χ3v) is 3.52. The van der Waals surface area contributed by atoms with Crippen LogP contribution < -0.4 is 5.32 Å². The average Bonchev–Trinajstić information content (AvgIpc) is 2.59. The molecule has 6 nitrogen and oxygen atoms in total. The van der Waals surface area contributed by atoms with Gasteiger partial charge in [-0.25, -0.2) is 0 Å². The summed E-state index contributed by atoms with van der Waals surface area (Å²) in [5.41, 5.74) is 1.69. The molecule has 0 spiro atoms. The number of non-ortho nitro benzene ring substituents is 1. The van der Waals surface area contributed by atoms with Gasteiger partial charge in [-0.05, 0) is 24.5 Å². The van der Waals surface area contributed by atoms with E-state index in [1.54, 1.807) is 6.07 Å². The van der Waals surface area contributed by atoms with Crippen molar-refractivity contribution in [2.45, 2.75) is 18.9 Å². The van der Waals surface area contributed by atoms with E-state index < -0.39 is 4.92 Å². The molecule has 0 bridgehead atoms. The van der Waals surface area contributed by atoms with Crippen molar-refractivity contribution in [1.29, 1.82) is 5.26 Å². The van der Waals surface area contributed by atoms with E-state index in [0.717, 1.165) is 5.56 Å². The predicted octanol–water partition coefficient (Wildman–Crippen LogP) is 3.39. The highest BCUT2D eigenvalue weighted by Crippen LogP contribution is 2.28. The van der Waals surface area contributed by atoms with E-state index >= 15 is 0 Å². The molecule has 0 aromatic heterocycles. The second kappa shape index (κ2) is 7.92. The molecule has 1 atom stereocenters. The Morgan fingerprint density at radius 3 is 2.61 bits per heavy atom. The number of nitro benzene ring substituents is 1. The van der Waals surface area contributed by atoms with Crippen molar-refractivity contribution in [3.05, 3.63) is 69.8 Å². The molecule has 2 aromatic carbocycles. The minimum Gasteiger partial charge on any atom is -0.396 e. The average molecular weight is 311 g/mol. The number of benzene rings is 2. The van der Waals surface area contributed by atoms with Crippen LogP contribution >= 0.6 is 0 Å². The van der Waals surface area contributed by atoms with Gasteiger partial charge in [-0.3, -0.25) is 10.1 Å². The molecule has 0 unspecified atom stereocenters. The van der Waals surface area contributed by atoms with Crippen LogP contribution in [0.2, 0.25) is 0 Å². The van der Waals surface area contributed by atoms with Crippen LogP contribution in [0.3, 0.4) is 0 Å². The van der Waals surface area contributed by atoms with Gasteiger partial charge in [0.15, 0.2) is 0 Å². The van der Waals surface area contributed by atoms with Crippen molar-refractivity contribution < 1.29 is 10.0 Å². The van der Waals surface area contributed by atoms with Gasteiger partial charge in [0.05, 0.1) is 22.2 Å². The fraction of sp³-hybridized carbons (Fsp3) is 0.235. The van der Waals surface area contributed by atoms with Crippen molar-refractivity contribution in [2.24, 2.45) is 0 Å². The van der Waals surface area contributed by atoms with E-state index in [9.17, 15) is 15.4 Å². The van der Waals surface area contributed by atoms with Crippen LogP contribution in [0.25, 0.3) is 0 Å². The molecule has 0 aliphatic rings. The Balaban J connectivity index is 2.29. The van der Waals surface area contributed by atoms with Gasteiger partial charge in [0, 0.05) is 18.7 Å². The number of hydrogen-bond donors (Lipinski definition) is 2. The molecule has 2 aromatic rings. The van der Waals surface area contributed by atoms with E-state index in [0.29, 0.717) is 18.5 Å². The number of nitrogens with zero attached hydrogens (tertiary/aromatic N) is 2. The molecule has 2 N–H and O–H groups in total. The lowest BCUT2D eigenvalue weighted by molar-refractivity contribution is -0.384. The van der Waals surface area contributed by atoms with Crippen LogP contribution in [0.15, 0.2) is 48.5 Å². The molecule has 6 heteroatoms. The van der Waals surface area contributed by atoms with Gasteiger partial charge < -0.3 is 10.4 Å². The Labute approximate surface area is 134 Å². The van der Waals surface area contributed by atoms with Crippen molar-refractivity contribution in [1.82, 2.24) is 0 Å². The summed E-state index contributed by atoms with van der Waals surface area (Å²) in [7, 11) is 0. The molecule has 0 amide bonds. The zero-order valence-electron chi connectivity index (χ0n) is 12.5. The lowest BCUT2D eigenvalue weighted by Gasteiger charge is -2.21. The van der Waals surface area contributed by atoms with Crippen LogP contribution in [-0.4, -0.2) is 16.6 Å². The van der Waals surface area contributed by atoms with Gasteiger partial charge in [0.1, 0.15) is 6.07 Å². The van der Waals surface area contributed by atoms with Gasteiger partial charge in [0.25, 0.3) is 5.69 Å². The first-order valence-electron chi connectivity index (χ1n) is 7.26. The minimum atomic E-state index is -0.523. The van der Waals surface area contributed by atoms with Crippen LogP contribution in [0.5, 0.6) is 0 Å². The van der Waals surface area contributed by atoms with E-state index in [2.05, 4.69) is 5.32 Å². The largest absolute Gasteiger partial charge is 0.396 e. The molecule has 0 saturated heterocycles. The summed E-state index contributed by atoms with van der Waals surface area (Å²) in [4.78, 5) is 10.3. The first kappa shape index (κ1) is 16.5. The Morgan fingerprint density at radius 1 is 1.26 bits per heavy atom. The highest BCUT2D eigenvalue weighted by Gasteiger charge is 2.15. The molecule has 118 valence electrons. The normalized spacial score (nSPS) is 11.5. The summed E-state index contributed by atoms with van der Waals surface area (Å²) in [6.45, 7) is 0.0797. The number of nitriles is 1. The summed E-state index contributed by atoms with van der Waals surface area (Å²) >= 11 is 0. The molecule has 0 aliphatic carbocycles. The Kier molecular flexibility index (Phi) is 5.67. The molecule has 2 rings (SSSR count). The zero-order chi connectivity index (χ0) is 16.7. The fourth-order valence-corrected chi connectivity index (χ4v) is 2.35. The maximum atomic E-state index is 10.8. The molecular weight excluding hydrogens is 294 g/mol. The van der Waals surface area contributed by atoms with E-state index in [1.807, 2.05) is 36.4 Å². The highest BCUT2D eigenvalue weighted by atomic mass is 16.6. The number of hydrogen-bond acceptors (Lipinski definition) is 5. The summed E-state index contributed by atoms with van der Waals surface area (Å²) < 4.78 is 0. The van der Waals surface area contributed by atoms with Crippen LogP contribution in [0, 0.1) is 21.4 Å². The number of nitro groups is 1. The summed E-state index contributed by atoms with van der Waals surface area (Å²) in [5.74, 6) is 0. The minimum absolute atomic E-state index is 0.0797. The Hall–Kier alpha value is -2.91.